The van der Waals surface area contributed by atoms with E-state index in [0.717, 1.165) is 6.42 Å². The van der Waals surface area contributed by atoms with Crippen LogP contribution in [0.5, 0.6) is 0 Å². The average molecular weight is 593 g/mol. The first kappa shape index (κ1) is 31.3. The summed E-state index contributed by atoms with van der Waals surface area (Å²) < 4.78 is 5.46. The number of hydrogen-bond acceptors (Lipinski definition) is 4. The van der Waals surface area contributed by atoms with Crippen LogP contribution in [0.15, 0.2) is 97.1 Å². The standard InChI is InChI=1S/C38H44N2O4/c1-38(2,3)44-37(43)40-21-18-30(19-22-40)36(42)39-20-8-9-27(26-41)23-35(33-16-14-28-10-4-6-12-31(28)24-33)34-17-15-29-11-5-7-13-32(29)25-34/h4-17,24-25,27,30,35,41H,18-23,26H2,1-3H3,(H,39,42)/b9-8+/t27-/m0/s1. The minimum Gasteiger partial charge on any atom is -0.444 e. The molecular formula is C38H44N2O4. The number of aliphatic hydroxyl groups excluding tert-OH is 1. The molecule has 6 heteroatoms. The maximum absolute atomic E-state index is 12.9. The molecule has 1 aliphatic heterocycles. The van der Waals surface area contributed by atoms with Crippen molar-refractivity contribution in [2.24, 2.45) is 11.8 Å². The van der Waals surface area contributed by atoms with Gasteiger partial charge in [0.25, 0.3) is 0 Å². The molecule has 4 aromatic rings. The topological polar surface area (TPSA) is 78.9 Å². The van der Waals surface area contributed by atoms with Gasteiger partial charge in [0.2, 0.25) is 5.91 Å². The molecule has 4 aromatic carbocycles. The predicted molar refractivity (Wildman–Crippen MR) is 178 cm³/mol. The highest BCUT2D eigenvalue weighted by atomic mass is 16.6. The lowest BCUT2D eigenvalue weighted by Gasteiger charge is -2.32. The third-order valence-electron chi connectivity index (χ3n) is 8.44. The van der Waals surface area contributed by atoms with E-state index in [0.29, 0.717) is 32.5 Å². The van der Waals surface area contributed by atoms with E-state index in [1.807, 2.05) is 32.9 Å². The second-order valence-electron chi connectivity index (χ2n) is 12.9. The van der Waals surface area contributed by atoms with Gasteiger partial charge in [-0.3, -0.25) is 4.79 Å². The van der Waals surface area contributed by atoms with E-state index >= 15 is 0 Å². The van der Waals surface area contributed by atoms with Crippen LogP contribution in [0.3, 0.4) is 0 Å². The number of piperidine rings is 1. The minimum atomic E-state index is -0.533. The SMILES string of the molecule is CC(C)(C)OC(=O)N1CCC(C(=O)NC/C=C/[C@H](CO)CC(c2ccc3ccccc3c2)c2ccc3ccccc3c2)CC1. The number of benzene rings is 4. The van der Waals surface area contributed by atoms with E-state index in [1.165, 1.54) is 32.7 Å². The van der Waals surface area contributed by atoms with Crippen molar-refractivity contribution in [3.63, 3.8) is 0 Å². The van der Waals surface area contributed by atoms with Gasteiger partial charge in [-0.05, 0) is 72.7 Å². The van der Waals surface area contributed by atoms with Crippen molar-refractivity contribution in [1.29, 1.82) is 0 Å². The molecule has 230 valence electrons. The number of carbonyl (C=O) groups is 2. The van der Waals surface area contributed by atoms with Gasteiger partial charge in [-0.15, -0.1) is 0 Å². The summed E-state index contributed by atoms with van der Waals surface area (Å²) in [4.78, 5) is 26.9. The largest absolute Gasteiger partial charge is 0.444 e. The van der Waals surface area contributed by atoms with Crippen molar-refractivity contribution in [3.8, 4) is 0 Å². The van der Waals surface area contributed by atoms with Crippen molar-refractivity contribution < 1.29 is 19.4 Å². The Hall–Kier alpha value is -4.16. The monoisotopic (exact) mass is 592 g/mol. The molecule has 6 nitrogen and oxygen atoms in total. The smallest absolute Gasteiger partial charge is 0.410 e. The van der Waals surface area contributed by atoms with Crippen molar-refractivity contribution in [3.05, 3.63) is 108 Å². The summed E-state index contributed by atoms with van der Waals surface area (Å²) >= 11 is 0. The lowest BCUT2D eigenvalue weighted by molar-refractivity contribution is -0.126. The molecule has 0 saturated carbocycles. The number of rotatable bonds is 9. The van der Waals surface area contributed by atoms with Gasteiger partial charge in [-0.25, -0.2) is 4.79 Å². The zero-order valence-corrected chi connectivity index (χ0v) is 26.0. The molecule has 0 radical (unpaired) electrons. The third-order valence-corrected chi connectivity index (χ3v) is 8.44. The summed E-state index contributed by atoms with van der Waals surface area (Å²) in [6, 6.07) is 30.1. The molecule has 5 rings (SSSR count). The Bertz CT molecular complexity index is 1540. The molecule has 1 saturated heterocycles. The molecule has 0 aromatic heterocycles. The van der Waals surface area contributed by atoms with Crippen molar-refractivity contribution in [2.75, 3.05) is 26.2 Å². The van der Waals surface area contributed by atoms with Gasteiger partial charge in [-0.1, -0.05) is 97.1 Å². The summed E-state index contributed by atoms with van der Waals surface area (Å²) in [5, 5.41) is 18.2. The molecule has 2 amide bonds. The first-order valence-corrected chi connectivity index (χ1v) is 15.7. The van der Waals surface area contributed by atoms with Crippen LogP contribution in [0.25, 0.3) is 21.5 Å². The first-order valence-electron chi connectivity index (χ1n) is 15.7. The maximum Gasteiger partial charge on any atom is 0.410 e. The molecular weight excluding hydrogens is 548 g/mol. The van der Waals surface area contributed by atoms with Crippen LogP contribution in [0.2, 0.25) is 0 Å². The van der Waals surface area contributed by atoms with Crippen LogP contribution in [0, 0.1) is 11.8 Å². The van der Waals surface area contributed by atoms with E-state index < -0.39 is 5.60 Å². The maximum atomic E-state index is 12.9. The summed E-state index contributed by atoms with van der Waals surface area (Å²) in [5.41, 5.74) is 1.91. The van der Waals surface area contributed by atoms with Gasteiger partial charge < -0.3 is 20.1 Å². The van der Waals surface area contributed by atoms with Crippen molar-refractivity contribution in [1.82, 2.24) is 10.2 Å². The van der Waals surface area contributed by atoms with Crippen molar-refractivity contribution in [2.45, 2.75) is 51.6 Å². The van der Waals surface area contributed by atoms with Crippen LogP contribution >= 0.6 is 0 Å². The van der Waals surface area contributed by atoms with Gasteiger partial charge in [0.05, 0.1) is 0 Å². The van der Waals surface area contributed by atoms with Crippen LogP contribution in [-0.2, 0) is 9.53 Å². The molecule has 1 atom stereocenters. The fourth-order valence-corrected chi connectivity index (χ4v) is 6.05. The summed E-state index contributed by atoms with van der Waals surface area (Å²) in [5.74, 6) is -0.104. The number of amides is 2. The van der Waals surface area contributed by atoms with Crippen LogP contribution in [-0.4, -0.2) is 53.8 Å². The third kappa shape index (κ3) is 8.06. The number of carbonyl (C=O) groups excluding carboxylic acids is 2. The van der Waals surface area contributed by atoms with E-state index in [9.17, 15) is 14.7 Å². The summed E-state index contributed by atoms with van der Waals surface area (Å²) in [6.45, 7) is 7.01. The number of likely N-dealkylation sites (tertiary alicyclic amines) is 1. The Morgan fingerprint density at radius 2 is 1.43 bits per heavy atom. The molecule has 2 N–H and O–H groups in total. The van der Waals surface area contributed by atoms with Crippen LogP contribution in [0.1, 0.15) is 57.1 Å². The van der Waals surface area contributed by atoms with E-state index in [4.69, 9.17) is 4.74 Å². The minimum absolute atomic E-state index is 0.00393. The van der Waals surface area contributed by atoms with Gasteiger partial charge in [-0.2, -0.15) is 0 Å². The zero-order valence-electron chi connectivity index (χ0n) is 26.0. The second-order valence-corrected chi connectivity index (χ2v) is 12.9. The molecule has 0 aliphatic carbocycles. The molecule has 0 unspecified atom stereocenters. The lowest BCUT2D eigenvalue weighted by atomic mass is 9.82. The quantitative estimate of drug-likeness (QED) is 0.198. The molecule has 1 aliphatic rings. The predicted octanol–water partition coefficient (Wildman–Crippen LogP) is 7.44. The second kappa shape index (κ2) is 14.1. The lowest BCUT2D eigenvalue weighted by Crippen LogP contribution is -2.44. The highest BCUT2D eigenvalue weighted by Gasteiger charge is 2.29. The zero-order chi connectivity index (χ0) is 31.1. The number of fused-ring (bicyclic) bond motifs is 2. The van der Waals surface area contributed by atoms with Gasteiger partial charge in [0.15, 0.2) is 0 Å². The number of aliphatic hydroxyl groups is 1. The Labute approximate surface area is 260 Å². The normalized spacial score (nSPS) is 15.2. The van der Waals surface area contributed by atoms with Crippen LogP contribution in [0.4, 0.5) is 4.79 Å². The number of hydrogen-bond donors (Lipinski definition) is 2. The average Bonchev–Trinajstić information content (AvgIpc) is 3.03. The van der Waals surface area contributed by atoms with Crippen LogP contribution < -0.4 is 5.32 Å². The van der Waals surface area contributed by atoms with Crippen molar-refractivity contribution >= 4 is 33.5 Å². The van der Waals surface area contributed by atoms with Gasteiger partial charge >= 0.3 is 6.09 Å². The fourth-order valence-electron chi connectivity index (χ4n) is 6.05. The van der Waals surface area contributed by atoms with E-state index in [2.05, 4.69) is 90.2 Å². The highest BCUT2D eigenvalue weighted by Crippen LogP contribution is 2.35. The Kier molecular flexibility index (Phi) is 10.0. The van der Waals surface area contributed by atoms with E-state index in [1.54, 1.807) is 4.90 Å². The Balaban J connectivity index is 1.22. The van der Waals surface area contributed by atoms with Gasteiger partial charge in [0, 0.05) is 44.0 Å². The molecule has 1 fully saturated rings. The number of nitrogens with zero attached hydrogens (tertiary/aromatic N) is 1. The molecule has 44 heavy (non-hydrogen) atoms. The molecule has 0 spiro atoms. The Morgan fingerprint density at radius 1 is 0.886 bits per heavy atom. The number of ether oxygens (including phenoxy) is 1. The molecule has 0 bridgehead atoms. The Morgan fingerprint density at radius 3 is 1.95 bits per heavy atom. The summed E-state index contributed by atoms with van der Waals surface area (Å²) in [7, 11) is 0. The summed E-state index contributed by atoms with van der Waals surface area (Å²) in [6.07, 6.45) is 5.63. The fraction of sp³-hybridized carbons (Fsp3) is 0.368. The highest BCUT2D eigenvalue weighted by molar-refractivity contribution is 5.85. The first-order chi connectivity index (χ1) is 21.2. The van der Waals surface area contributed by atoms with Gasteiger partial charge in [0.1, 0.15) is 5.60 Å². The van der Waals surface area contributed by atoms with E-state index in [-0.39, 0.29) is 36.4 Å². The number of nitrogens with one attached hydrogen (secondary N) is 1. The molecule has 1 heterocycles.